The molecule has 0 aromatic heterocycles. The first kappa shape index (κ1) is 15.8. The van der Waals surface area contributed by atoms with Gasteiger partial charge in [-0.3, -0.25) is 0 Å². The molecule has 0 saturated carbocycles. The summed E-state index contributed by atoms with van der Waals surface area (Å²) in [4.78, 5) is 2.02. The van der Waals surface area contributed by atoms with Crippen LogP contribution in [0, 0.1) is 5.82 Å². The molecule has 0 aliphatic rings. The zero-order chi connectivity index (χ0) is 15.4. The van der Waals surface area contributed by atoms with Crippen LogP contribution in [0.5, 0.6) is 0 Å². The molecule has 2 aromatic rings. The van der Waals surface area contributed by atoms with E-state index in [9.17, 15) is 4.39 Å². The van der Waals surface area contributed by atoms with Gasteiger partial charge in [-0.05, 0) is 37.7 Å². The highest BCUT2D eigenvalue weighted by Gasteiger charge is 2.16. The van der Waals surface area contributed by atoms with Crippen molar-refractivity contribution in [2.45, 2.75) is 19.5 Å². The molecule has 112 valence electrons. The van der Waals surface area contributed by atoms with Gasteiger partial charge < -0.3 is 10.2 Å². The predicted molar refractivity (Wildman–Crippen MR) is 87.4 cm³/mol. The van der Waals surface area contributed by atoms with E-state index in [2.05, 4.69) is 5.32 Å². The Morgan fingerprint density at radius 1 is 1.24 bits per heavy atom. The molecule has 0 amide bonds. The zero-order valence-electron chi connectivity index (χ0n) is 12.5. The maximum Gasteiger partial charge on any atom is 0.128 e. The van der Waals surface area contributed by atoms with E-state index in [0.717, 1.165) is 22.8 Å². The second-order valence-corrected chi connectivity index (χ2v) is 5.52. The molecule has 2 aromatic carbocycles. The molecule has 2 rings (SSSR count). The topological polar surface area (TPSA) is 15.3 Å². The van der Waals surface area contributed by atoms with Gasteiger partial charge in [0.05, 0.1) is 6.04 Å². The van der Waals surface area contributed by atoms with Crippen molar-refractivity contribution in [3.8, 4) is 0 Å². The Hall–Kier alpha value is -1.58. The minimum atomic E-state index is -0.185. The summed E-state index contributed by atoms with van der Waals surface area (Å²) in [7, 11) is 3.83. The van der Waals surface area contributed by atoms with Crippen LogP contribution in [0.1, 0.15) is 24.1 Å². The van der Waals surface area contributed by atoms with Crippen molar-refractivity contribution in [3.63, 3.8) is 0 Å². The molecule has 0 aliphatic heterocycles. The molecule has 4 heteroatoms. The minimum absolute atomic E-state index is 0.0718. The Morgan fingerprint density at radius 3 is 2.57 bits per heavy atom. The van der Waals surface area contributed by atoms with Gasteiger partial charge in [0.25, 0.3) is 0 Å². The molecular weight excluding hydrogens is 287 g/mol. The average molecular weight is 307 g/mol. The van der Waals surface area contributed by atoms with E-state index < -0.39 is 0 Å². The number of benzene rings is 2. The number of hydrogen-bond acceptors (Lipinski definition) is 2. The summed E-state index contributed by atoms with van der Waals surface area (Å²) in [5, 5.41) is 3.80. The van der Waals surface area contributed by atoms with Crippen LogP contribution in [0.3, 0.4) is 0 Å². The van der Waals surface area contributed by atoms with Gasteiger partial charge >= 0.3 is 0 Å². The molecule has 2 nitrogen and oxygen atoms in total. The molecule has 1 N–H and O–H groups in total. The van der Waals surface area contributed by atoms with E-state index in [1.165, 1.54) is 6.07 Å². The van der Waals surface area contributed by atoms with Crippen LogP contribution in [-0.4, -0.2) is 14.1 Å². The molecule has 1 unspecified atom stereocenters. The van der Waals surface area contributed by atoms with Gasteiger partial charge in [0.2, 0.25) is 0 Å². The normalized spacial score (nSPS) is 12.2. The number of halogens is 2. The van der Waals surface area contributed by atoms with E-state index in [0.29, 0.717) is 5.56 Å². The molecule has 0 aliphatic carbocycles. The number of nitrogens with one attached hydrogen (secondary N) is 1. The van der Waals surface area contributed by atoms with Crippen molar-refractivity contribution in [1.82, 2.24) is 5.32 Å². The fourth-order valence-electron chi connectivity index (χ4n) is 2.34. The van der Waals surface area contributed by atoms with Crippen molar-refractivity contribution in [1.29, 1.82) is 0 Å². The summed E-state index contributed by atoms with van der Waals surface area (Å²) in [6.45, 7) is 2.71. The third kappa shape index (κ3) is 3.55. The standard InChI is InChI=1S/C17H20ClFN2/c1-12(15-6-4-5-7-17(15)19)21(3)14-9-8-13(11-20-2)16(18)10-14/h4-10,12,20H,11H2,1-3H3. The summed E-state index contributed by atoms with van der Waals surface area (Å²) >= 11 is 6.29. The summed E-state index contributed by atoms with van der Waals surface area (Å²) < 4.78 is 13.9. The van der Waals surface area contributed by atoms with Gasteiger partial charge in [0, 0.05) is 29.9 Å². The monoisotopic (exact) mass is 306 g/mol. The van der Waals surface area contributed by atoms with Crippen molar-refractivity contribution >= 4 is 17.3 Å². The fourth-order valence-corrected chi connectivity index (χ4v) is 2.58. The second-order valence-electron chi connectivity index (χ2n) is 5.11. The highest BCUT2D eigenvalue weighted by Crippen LogP contribution is 2.30. The quantitative estimate of drug-likeness (QED) is 0.881. The van der Waals surface area contributed by atoms with Crippen LogP contribution in [-0.2, 0) is 6.54 Å². The Labute approximate surface area is 130 Å². The molecule has 0 bridgehead atoms. The third-order valence-corrected chi connectivity index (χ3v) is 4.10. The highest BCUT2D eigenvalue weighted by molar-refractivity contribution is 6.31. The molecule has 0 fully saturated rings. The predicted octanol–water partition coefficient (Wildman–Crippen LogP) is 4.40. The molecule has 0 saturated heterocycles. The van der Waals surface area contributed by atoms with Gasteiger partial charge in [-0.25, -0.2) is 4.39 Å². The minimum Gasteiger partial charge on any atom is -0.368 e. The van der Waals surface area contributed by atoms with Gasteiger partial charge in [-0.15, -0.1) is 0 Å². The van der Waals surface area contributed by atoms with Crippen LogP contribution < -0.4 is 10.2 Å². The molecule has 0 heterocycles. The smallest absolute Gasteiger partial charge is 0.128 e. The van der Waals surface area contributed by atoms with Crippen molar-refractivity contribution in [2.75, 3.05) is 19.0 Å². The van der Waals surface area contributed by atoms with E-state index in [4.69, 9.17) is 11.6 Å². The van der Waals surface area contributed by atoms with Gasteiger partial charge in [0.1, 0.15) is 5.82 Å². The van der Waals surface area contributed by atoms with E-state index in [-0.39, 0.29) is 11.9 Å². The Balaban J connectivity index is 2.25. The lowest BCUT2D eigenvalue weighted by molar-refractivity contribution is 0.585. The molecular formula is C17H20ClFN2. The van der Waals surface area contributed by atoms with Crippen molar-refractivity contribution < 1.29 is 4.39 Å². The summed E-state index contributed by atoms with van der Waals surface area (Å²) in [6.07, 6.45) is 0. The SMILES string of the molecule is CNCc1ccc(N(C)C(C)c2ccccc2F)cc1Cl. The largest absolute Gasteiger partial charge is 0.368 e. The summed E-state index contributed by atoms with van der Waals surface area (Å²) in [5.74, 6) is -0.185. The van der Waals surface area contributed by atoms with Crippen LogP contribution in [0.4, 0.5) is 10.1 Å². The van der Waals surface area contributed by atoms with Gasteiger partial charge in [-0.1, -0.05) is 35.9 Å². The fraction of sp³-hybridized carbons (Fsp3) is 0.294. The van der Waals surface area contributed by atoms with Gasteiger partial charge in [-0.2, -0.15) is 0 Å². The number of nitrogens with zero attached hydrogens (tertiary/aromatic N) is 1. The Morgan fingerprint density at radius 2 is 1.95 bits per heavy atom. The second kappa shape index (κ2) is 6.92. The van der Waals surface area contributed by atoms with Crippen LogP contribution >= 0.6 is 11.6 Å². The van der Waals surface area contributed by atoms with Gasteiger partial charge in [0.15, 0.2) is 0 Å². The first-order valence-corrected chi connectivity index (χ1v) is 7.32. The lowest BCUT2D eigenvalue weighted by atomic mass is 10.1. The molecule has 1 atom stereocenters. The first-order chi connectivity index (χ1) is 10.0. The average Bonchev–Trinajstić information content (AvgIpc) is 2.48. The van der Waals surface area contributed by atoms with E-state index >= 15 is 0 Å². The number of anilines is 1. The lowest BCUT2D eigenvalue weighted by Crippen LogP contribution is -2.22. The van der Waals surface area contributed by atoms with E-state index in [1.807, 2.05) is 56.3 Å². The van der Waals surface area contributed by atoms with Crippen molar-refractivity contribution in [3.05, 3.63) is 64.4 Å². The maximum absolute atomic E-state index is 13.9. The van der Waals surface area contributed by atoms with Crippen LogP contribution in [0.15, 0.2) is 42.5 Å². The number of rotatable bonds is 5. The summed E-state index contributed by atoms with van der Waals surface area (Å²) in [5.41, 5.74) is 2.70. The lowest BCUT2D eigenvalue weighted by Gasteiger charge is -2.28. The van der Waals surface area contributed by atoms with Crippen molar-refractivity contribution in [2.24, 2.45) is 0 Å². The molecule has 21 heavy (non-hydrogen) atoms. The molecule has 0 radical (unpaired) electrons. The number of hydrogen-bond donors (Lipinski definition) is 1. The summed E-state index contributed by atoms with van der Waals surface area (Å²) in [6, 6.07) is 12.7. The highest BCUT2D eigenvalue weighted by atomic mass is 35.5. The maximum atomic E-state index is 13.9. The zero-order valence-corrected chi connectivity index (χ0v) is 13.3. The van der Waals surface area contributed by atoms with Crippen LogP contribution in [0.2, 0.25) is 5.02 Å². The Kier molecular flexibility index (Phi) is 5.21. The first-order valence-electron chi connectivity index (χ1n) is 6.95. The van der Waals surface area contributed by atoms with E-state index in [1.54, 1.807) is 6.07 Å². The Bertz CT molecular complexity index is 615. The third-order valence-electron chi connectivity index (χ3n) is 3.75. The van der Waals surface area contributed by atoms with Crippen LogP contribution in [0.25, 0.3) is 0 Å². The molecule has 0 spiro atoms.